The molecule has 0 bridgehead atoms. The Balaban J connectivity index is 1.73. The molecule has 0 heterocycles. The molecule has 0 unspecified atom stereocenters. The number of nitrogens with one attached hydrogen (secondary N) is 3. The van der Waals surface area contributed by atoms with Crippen molar-refractivity contribution in [3.8, 4) is 0 Å². The largest absolute Gasteiger partial charge is 0.323 e. The fraction of sp³-hybridized carbons (Fsp3) is 0.0476. The third-order valence-electron chi connectivity index (χ3n) is 3.84. The highest BCUT2D eigenvalue weighted by Gasteiger charge is 2.13. The van der Waals surface area contributed by atoms with E-state index >= 15 is 0 Å². The van der Waals surface area contributed by atoms with Crippen LogP contribution in [-0.4, -0.2) is 11.9 Å². The van der Waals surface area contributed by atoms with Gasteiger partial charge in [-0.1, -0.05) is 48.5 Å². The van der Waals surface area contributed by atoms with Gasteiger partial charge in [-0.05, 0) is 42.8 Å². The lowest BCUT2D eigenvalue weighted by Gasteiger charge is -2.13. The number of urea groups is 1. The molecule has 5 nitrogen and oxygen atoms in total. The predicted molar refractivity (Wildman–Crippen MR) is 105 cm³/mol. The quantitative estimate of drug-likeness (QED) is 0.630. The first kappa shape index (κ1) is 17.2. The van der Waals surface area contributed by atoms with E-state index < -0.39 is 6.03 Å². The zero-order chi connectivity index (χ0) is 18.4. The van der Waals surface area contributed by atoms with Gasteiger partial charge in [0.05, 0.1) is 11.3 Å². The highest BCUT2D eigenvalue weighted by atomic mass is 16.2. The molecule has 5 heteroatoms. The Kier molecular flexibility index (Phi) is 5.29. The normalized spacial score (nSPS) is 10.0. The third-order valence-corrected chi connectivity index (χ3v) is 3.84. The van der Waals surface area contributed by atoms with Crippen LogP contribution in [0.2, 0.25) is 0 Å². The second-order valence-electron chi connectivity index (χ2n) is 5.76. The minimum Gasteiger partial charge on any atom is -0.322 e. The van der Waals surface area contributed by atoms with Gasteiger partial charge in [-0.2, -0.15) is 0 Å². The number of carbonyl (C=O) groups excluding carboxylic acids is 2. The summed E-state index contributed by atoms with van der Waals surface area (Å²) >= 11 is 0. The molecule has 0 aliphatic heterocycles. The van der Waals surface area contributed by atoms with Crippen LogP contribution in [0.3, 0.4) is 0 Å². The van der Waals surface area contributed by atoms with Crippen LogP contribution in [0.15, 0.2) is 78.9 Å². The van der Waals surface area contributed by atoms with Crippen molar-refractivity contribution in [2.45, 2.75) is 6.92 Å². The van der Waals surface area contributed by atoms with Crippen molar-refractivity contribution in [3.05, 3.63) is 90.0 Å². The van der Waals surface area contributed by atoms with Crippen molar-refractivity contribution in [2.24, 2.45) is 0 Å². The Morgan fingerprint density at radius 1 is 0.654 bits per heavy atom. The summed E-state index contributed by atoms with van der Waals surface area (Å²) in [4.78, 5) is 24.9. The van der Waals surface area contributed by atoms with Gasteiger partial charge in [-0.3, -0.25) is 4.79 Å². The van der Waals surface area contributed by atoms with Gasteiger partial charge >= 0.3 is 6.03 Å². The van der Waals surface area contributed by atoms with Gasteiger partial charge in [0, 0.05) is 11.4 Å². The van der Waals surface area contributed by atoms with Crippen LogP contribution in [0.25, 0.3) is 0 Å². The second kappa shape index (κ2) is 7.98. The Labute approximate surface area is 152 Å². The molecule has 3 rings (SSSR count). The number of amides is 3. The van der Waals surface area contributed by atoms with Gasteiger partial charge in [-0.25, -0.2) is 4.79 Å². The molecular formula is C21H19N3O2. The number of aryl methyl sites for hydroxylation is 1. The smallest absolute Gasteiger partial charge is 0.322 e. The standard InChI is InChI=1S/C21H19N3O2/c1-15-9-5-7-13-18(15)23-21(26)24-19-14-8-6-12-17(19)20(25)22-16-10-3-2-4-11-16/h2-14H,1H3,(H,22,25)(H2,23,24,26). The summed E-state index contributed by atoms with van der Waals surface area (Å²) < 4.78 is 0. The van der Waals surface area contributed by atoms with Crippen LogP contribution in [0.5, 0.6) is 0 Å². The third kappa shape index (κ3) is 4.27. The van der Waals surface area contributed by atoms with Crippen LogP contribution >= 0.6 is 0 Å². The minimum atomic E-state index is -0.403. The van der Waals surface area contributed by atoms with E-state index in [-0.39, 0.29) is 5.91 Å². The van der Waals surface area contributed by atoms with Crippen LogP contribution in [0, 0.1) is 6.92 Å². The molecule has 0 spiro atoms. The molecule has 130 valence electrons. The number of hydrogen-bond donors (Lipinski definition) is 3. The lowest BCUT2D eigenvalue weighted by molar-refractivity contribution is 0.102. The van der Waals surface area contributed by atoms with Crippen LogP contribution in [0.1, 0.15) is 15.9 Å². The molecule has 0 saturated carbocycles. The summed E-state index contributed by atoms with van der Waals surface area (Å²) in [5, 5.41) is 8.35. The van der Waals surface area contributed by atoms with Crippen molar-refractivity contribution >= 4 is 29.0 Å². The molecule has 3 aromatic carbocycles. The molecule has 0 saturated heterocycles. The molecule has 0 aromatic heterocycles. The van der Waals surface area contributed by atoms with E-state index in [1.807, 2.05) is 49.4 Å². The van der Waals surface area contributed by atoms with Gasteiger partial charge in [-0.15, -0.1) is 0 Å². The second-order valence-corrected chi connectivity index (χ2v) is 5.76. The monoisotopic (exact) mass is 345 g/mol. The van der Waals surface area contributed by atoms with E-state index in [2.05, 4.69) is 16.0 Å². The first-order valence-corrected chi connectivity index (χ1v) is 8.22. The summed E-state index contributed by atoms with van der Waals surface area (Å²) in [6, 6.07) is 23.1. The zero-order valence-corrected chi connectivity index (χ0v) is 14.3. The van der Waals surface area contributed by atoms with Crippen molar-refractivity contribution in [1.82, 2.24) is 0 Å². The Bertz CT molecular complexity index is 923. The number of anilines is 3. The minimum absolute atomic E-state index is 0.289. The molecule has 3 aromatic rings. The van der Waals surface area contributed by atoms with Gasteiger partial charge in [0.1, 0.15) is 0 Å². The zero-order valence-electron chi connectivity index (χ0n) is 14.3. The molecular weight excluding hydrogens is 326 g/mol. The maximum atomic E-state index is 12.5. The first-order valence-electron chi connectivity index (χ1n) is 8.22. The molecule has 3 amide bonds. The Hall–Kier alpha value is -3.60. The molecule has 0 fully saturated rings. The lowest BCUT2D eigenvalue weighted by atomic mass is 10.1. The summed E-state index contributed by atoms with van der Waals surface area (Å²) in [7, 11) is 0. The van der Waals surface area contributed by atoms with Gasteiger partial charge in [0.15, 0.2) is 0 Å². The maximum absolute atomic E-state index is 12.5. The summed E-state index contributed by atoms with van der Waals surface area (Å²) in [6.07, 6.45) is 0. The van der Waals surface area contributed by atoms with Crippen molar-refractivity contribution in [1.29, 1.82) is 0 Å². The number of benzene rings is 3. The number of carbonyl (C=O) groups is 2. The number of para-hydroxylation sites is 3. The van der Waals surface area contributed by atoms with Gasteiger partial charge in [0.2, 0.25) is 0 Å². The maximum Gasteiger partial charge on any atom is 0.323 e. The van der Waals surface area contributed by atoms with Crippen molar-refractivity contribution in [3.63, 3.8) is 0 Å². The summed E-state index contributed by atoms with van der Waals surface area (Å²) in [5.41, 5.74) is 3.19. The van der Waals surface area contributed by atoms with Gasteiger partial charge in [0.25, 0.3) is 5.91 Å². The molecule has 0 aliphatic rings. The van der Waals surface area contributed by atoms with Crippen LogP contribution < -0.4 is 16.0 Å². The highest BCUT2D eigenvalue weighted by Crippen LogP contribution is 2.19. The van der Waals surface area contributed by atoms with E-state index in [4.69, 9.17) is 0 Å². The fourth-order valence-corrected chi connectivity index (χ4v) is 2.50. The highest BCUT2D eigenvalue weighted by molar-refractivity contribution is 6.11. The molecule has 3 N–H and O–H groups in total. The van der Waals surface area contributed by atoms with Crippen molar-refractivity contribution in [2.75, 3.05) is 16.0 Å². The molecule has 0 atom stereocenters. The SMILES string of the molecule is Cc1ccccc1NC(=O)Nc1ccccc1C(=O)Nc1ccccc1. The van der Waals surface area contributed by atoms with Crippen LogP contribution in [-0.2, 0) is 0 Å². The first-order chi connectivity index (χ1) is 12.6. The average molecular weight is 345 g/mol. The number of hydrogen-bond acceptors (Lipinski definition) is 2. The van der Waals surface area contributed by atoms with E-state index in [0.717, 1.165) is 11.3 Å². The predicted octanol–water partition coefficient (Wildman–Crippen LogP) is 4.89. The van der Waals surface area contributed by atoms with Crippen molar-refractivity contribution < 1.29 is 9.59 Å². The lowest BCUT2D eigenvalue weighted by Crippen LogP contribution is -2.22. The number of rotatable bonds is 4. The Morgan fingerprint density at radius 2 is 1.23 bits per heavy atom. The van der Waals surface area contributed by atoms with E-state index in [1.54, 1.807) is 36.4 Å². The van der Waals surface area contributed by atoms with E-state index in [0.29, 0.717) is 16.9 Å². The Morgan fingerprint density at radius 3 is 1.96 bits per heavy atom. The van der Waals surface area contributed by atoms with Crippen LogP contribution in [0.4, 0.5) is 21.9 Å². The molecule has 26 heavy (non-hydrogen) atoms. The summed E-state index contributed by atoms with van der Waals surface area (Å²) in [5.74, 6) is -0.289. The summed E-state index contributed by atoms with van der Waals surface area (Å²) in [6.45, 7) is 1.91. The topological polar surface area (TPSA) is 70.2 Å². The molecule has 0 radical (unpaired) electrons. The van der Waals surface area contributed by atoms with E-state index in [1.165, 1.54) is 0 Å². The van der Waals surface area contributed by atoms with E-state index in [9.17, 15) is 9.59 Å². The fourth-order valence-electron chi connectivity index (χ4n) is 2.50. The molecule has 0 aliphatic carbocycles. The average Bonchev–Trinajstić information content (AvgIpc) is 2.65. The van der Waals surface area contributed by atoms with Gasteiger partial charge < -0.3 is 16.0 Å².